The van der Waals surface area contributed by atoms with E-state index in [0.717, 1.165) is 29.3 Å². The fourth-order valence-corrected chi connectivity index (χ4v) is 6.46. The summed E-state index contributed by atoms with van der Waals surface area (Å²) in [6.45, 7) is 0.476. The predicted octanol–water partition coefficient (Wildman–Crippen LogP) is 5.35. The number of rotatable bonds is 8. The monoisotopic (exact) mass is 541 g/mol. The second kappa shape index (κ2) is 11.3. The smallest absolute Gasteiger partial charge is 0.416 e. The van der Waals surface area contributed by atoms with Crippen molar-refractivity contribution in [2.45, 2.75) is 68.2 Å². The molecule has 1 heterocycles. The molecule has 2 atom stereocenters. The number of carboxylic acids is 1. The number of alkyl halides is 3. The highest BCUT2D eigenvalue weighted by atomic mass is 32.2. The summed E-state index contributed by atoms with van der Waals surface area (Å²) in [5.74, 6) is -0.110. The van der Waals surface area contributed by atoms with E-state index in [4.69, 9.17) is 9.47 Å². The molecule has 7 nitrogen and oxygen atoms in total. The minimum absolute atomic E-state index is 0.0362. The van der Waals surface area contributed by atoms with Gasteiger partial charge in [-0.2, -0.15) is 17.5 Å². The molecular formula is C26H30F3NO6S. The molecule has 0 spiro atoms. The lowest BCUT2D eigenvalue weighted by atomic mass is 9.90. The van der Waals surface area contributed by atoms with Crippen LogP contribution in [-0.2, 0) is 21.0 Å². The molecule has 4 rings (SSSR count). The van der Waals surface area contributed by atoms with Gasteiger partial charge in [0, 0.05) is 13.0 Å². The van der Waals surface area contributed by atoms with E-state index < -0.39 is 39.9 Å². The van der Waals surface area contributed by atoms with E-state index in [0.29, 0.717) is 18.3 Å². The van der Waals surface area contributed by atoms with Gasteiger partial charge in [-0.25, -0.2) is 8.42 Å². The highest BCUT2D eigenvalue weighted by molar-refractivity contribution is 7.89. The lowest BCUT2D eigenvalue weighted by Crippen LogP contribution is -2.52. The van der Waals surface area contributed by atoms with Crippen molar-refractivity contribution in [2.75, 3.05) is 13.2 Å². The molecule has 1 aliphatic carbocycles. The third-order valence-electron chi connectivity index (χ3n) is 6.92. The first-order chi connectivity index (χ1) is 17.5. The van der Waals surface area contributed by atoms with Crippen LogP contribution in [0.2, 0.25) is 0 Å². The van der Waals surface area contributed by atoms with E-state index >= 15 is 0 Å². The van der Waals surface area contributed by atoms with Gasteiger partial charge < -0.3 is 14.6 Å². The molecule has 1 saturated heterocycles. The lowest BCUT2D eigenvalue weighted by molar-refractivity contribution is -0.143. The van der Waals surface area contributed by atoms with Gasteiger partial charge in [0.15, 0.2) is 0 Å². The van der Waals surface area contributed by atoms with Gasteiger partial charge in [-0.15, -0.1) is 0 Å². The van der Waals surface area contributed by atoms with Crippen molar-refractivity contribution in [3.63, 3.8) is 0 Å². The number of hydrogen-bond acceptors (Lipinski definition) is 5. The number of piperidine rings is 1. The van der Waals surface area contributed by atoms with E-state index in [-0.39, 0.29) is 30.0 Å². The number of hydrogen-bond donors (Lipinski definition) is 1. The quantitative estimate of drug-likeness (QED) is 0.484. The van der Waals surface area contributed by atoms with Crippen LogP contribution in [0.3, 0.4) is 0 Å². The number of aliphatic carboxylic acids is 1. The zero-order valence-electron chi connectivity index (χ0n) is 20.2. The van der Waals surface area contributed by atoms with E-state index in [1.807, 2.05) is 0 Å². The highest BCUT2D eigenvalue weighted by Gasteiger charge is 2.41. The molecule has 0 amide bonds. The molecule has 0 aromatic heterocycles. The Hall–Kier alpha value is -2.79. The number of nitrogens with zero attached hydrogens (tertiary/aromatic N) is 1. The largest absolute Gasteiger partial charge is 0.493 e. The van der Waals surface area contributed by atoms with Crippen molar-refractivity contribution in [2.24, 2.45) is 5.92 Å². The Balaban J connectivity index is 1.39. The Morgan fingerprint density at radius 3 is 2.16 bits per heavy atom. The van der Waals surface area contributed by atoms with Gasteiger partial charge >= 0.3 is 12.1 Å². The predicted molar refractivity (Wildman–Crippen MR) is 129 cm³/mol. The topological polar surface area (TPSA) is 93.1 Å². The van der Waals surface area contributed by atoms with Crippen LogP contribution in [0.5, 0.6) is 11.5 Å². The fraction of sp³-hybridized carbons (Fsp3) is 0.500. The molecular weight excluding hydrogens is 511 g/mol. The van der Waals surface area contributed by atoms with E-state index in [2.05, 4.69) is 0 Å². The van der Waals surface area contributed by atoms with Crippen molar-refractivity contribution in [3.8, 4) is 11.5 Å². The second-order valence-electron chi connectivity index (χ2n) is 9.54. The van der Waals surface area contributed by atoms with Crippen molar-refractivity contribution in [1.82, 2.24) is 4.31 Å². The minimum atomic E-state index is -4.48. The summed E-state index contributed by atoms with van der Waals surface area (Å²) < 4.78 is 77.4. The number of carbonyl (C=O) groups is 1. The molecule has 2 aromatic carbocycles. The van der Waals surface area contributed by atoms with E-state index in [1.54, 1.807) is 12.1 Å². The zero-order valence-corrected chi connectivity index (χ0v) is 21.0. The van der Waals surface area contributed by atoms with Gasteiger partial charge in [-0.1, -0.05) is 19.3 Å². The first-order valence-corrected chi connectivity index (χ1v) is 13.8. The van der Waals surface area contributed by atoms with Gasteiger partial charge in [0.25, 0.3) is 0 Å². The Labute approximate surface area is 214 Å². The van der Waals surface area contributed by atoms with Crippen LogP contribution < -0.4 is 9.47 Å². The molecule has 0 unspecified atom stereocenters. The van der Waals surface area contributed by atoms with Crippen molar-refractivity contribution in [1.29, 1.82) is 0 Å². The Bertz CT molecular complexity index is 1160. The maximum absolute atomic E-state index is 13.3. The van der Waals surface area contributed by atoms with Crippen molar-refractivity contribution >= 4 is 16.0 Å². The number of benzene rings is 2. The summed E-state index contributed by atoms with van der Waals surface area (Å²) in [7, 11) is -4.11. The van der Waals surface area contributed by atoms with Crippen LogP contribution in [-0.4, -0.2) is 49.1 Å². The summed E-state index contributed by atoms with van der Waals surface area (Å²) in [5.41, 5.74) is -0.824. The molecule has 1 aliphatic heterocycles. The fourth-order valence-electron chi connectivity index (χ4n) is 4.86. The molecule has 2 aromatic rings. The summed E-state index contributed by atoms with van der Waals surface area (Å²) in [5, 5.41) is 9.76. The summed E-state index contributed by atoms with van der Waals surface area (Å²) in [6.07, 6.45) is 0.795. The summed E-state index contributed by atoms with van der Waals surface area (Å²) in [6, 6.07) is 8.69. The third-order valence-corrected chi connectivity index (χ3v) is 8.84. The van der Waals surface area contributed by atoms with Gasteiger partial charge in [-0.3, -0.25) is 4.79 Å². The van der Waals surface area contributed by atoms with Crippen molar-refractivity contribution < 1.29 is 41.0 Å². The first kappa shape index (κ1) is 27.3. The van der Waals surface area contributed by atoms with Crippen LogP contribution in [0.4, 0.5) is 13.2 Å². The van der Waals surface area contributed by atoms with Gasteiger partial charge in [0.2, 0.25) is 10.0 Å². The van der Waals surface area contributed by atoms with Crippen LogP contribution >= 0.6 is 0 Å². The maximum atomic E-state index is 13.3. The van der Waals surface area contributed by atoms with Gasteiger partial charge in [-0.05, 0) is 73.7 Å². The van der Waals surface area contributed by atoms with E-state index in [1.165, 1.54) is 43.5 Å². The lowest BCUT2D eigenvalue weighted by Gasteiger charge is -2.36. The molecule has 1 N–H and O–H groups in total. The molecule has 2 aliphatic rings. The Morgan fingerprint density at radius 1 is 0.946 bits per heavy atom. The summed E-state index contributed by atoms with van der Waals surface area (Å²) >= 11 is 0. The van der Waals surface area contributed by atoms with E-state index in [9.17, 15) is 31.5 Å². The SMILES string of the molecule is O=C(O)[C@@H]1C[C@@H](Oc2ccc(C(F)(F)F)cc2)CCN1S(=O)(=O)c1ccc(OCC2CCCCC2)cc1. The molecule has 2 fully saturated rings. The van der Waals surface area contributed by atoms with Crippen molar-refractivity contribution in [3.05, 3.63) is 54.1 Å². The van der Waals surface area contributed by atoms with Crippen LogP contribution in [0.1, 0.15) is 50.5 Å². The highest BCUT2D eigenvalue weighted by Crippen LogP contribution is 2.33. The average molecular weight is 542 g/mol. The number of ether oxygens (including phenoxy) is 2. The molecule has 202 valence electrons. The van der Waals surface area contributed by atoms with Crippen LogP contribution in [0.25, 0.3) is 0 Å². The number of halogens is 3. The molecule has 37 heavy (non-hydrogen) atoms. The minimum Gasteiger partial charge on any atom is -0.493 e. The Kier molecular flexibility index (Phi) is 8.33. The molecule has 1 saturated carbocycles. The third kappa shape index (κ3) is 6.75. The molecule has 11 heteroatoms. The van der Waals surface area contributed by atoms with Crippen LogP contribution in [0.15, 0.2) is 53.4 Å². The first-order valence-electron chi connectivity index (χ1n) is 12.4. The standard InChI is InChI=1S/C26H30F3NO6S/c27-26(28,29)19-6-8-21(9-7-19)36-22-14-15-30(24(16-22)25(31)32)37(33,34)23-12-10-20(11-13-23)35-17-18-4-2-1-3-5-18/h6-13,18,22,24H,1-5,14-17H2,(H,31,32)/t22-,24-/m0/s1. The normalized spacial score (nSPS) is 21.9. The molecule has 0 radical (unpaired) electrons. The molecule has 0 bridgehead atoms. The van der Waals surface area contributed by atoms with Gasteiger partial charge in [0.05, 0.1) is 17.1 Å². The maximum Gasteiger partial charge on any atom is 0.416 e. The van der Waals surface area contributed by atoms with Crippen LogP contribution in [0, 0.1) is 5.92 Å². The number of sulfonamides is 1. The second-order valence-corrected chi connectivity index (χ2v) is 11.4. The number of carboxylic acid groups (broad SMARTS) is 1. The zero-order chi connectivity index (χ0) is 26.6. The Morgan fingerprint density at radius 2 is 1.57 bits per heavy atom. The average Bonchev–Trinajstić information content (AvgIpc) is 2.88. The van der Waals surface area contributed by atoms with Gasteiger partial charge in [0.1, 0.15) is 23.6 Å². The summed E-state index contributed by atoms with van der Waals surface area (Å²) in [4.78, 5) is 11.9.